The number of aromatic nitrogens is 2. The van der Waals surface area contributed by atoms with Crippen molar-refractivity contribution in [2.75, 3.05) is 5.32 Å². The molecular formula is C15H17N3O2. The van der Waals surface area contributed by atoms with E-state index in [1.165, 1.54) is 0 Å². The van der Waals surface area contributed by atoms with Gasteiger partial charge in [0.15, 0.2) is 0 Å². The van der Waals surface area contributed by atoms with Gasteiger partial charge in [0, 0.05) is 29.6 Å². The zero-order valence-corrected chi connectivity index (χ0v) is 11.8. The first kappa shape index (κ1) is 14.0. The smallest absolute Gasteiger partial charge is 0.322 e. The number of anilines is 1. The number of carbonyl (C=O) groups is 1. The van der Waals surface area contributed by atoms with E-state index in [-0.39, 0.29) is 5.91 Å². The zero-order valence-electron chi connectivity index (χ0n) is 11.8. The molecule has 2 rings (SSSR count). The maximum Gasteiger partial charge on any atom is 0.322 e. The largest absolute Gasteiger partial charge is 0.424 e. The molecule has 0 fully saturated rings. The van der Waals surface area contributed by atoms with Crippen LogP contribution in [0.3, 0.4) is 0 Å². The maximum atomic E-state index is 11.4. The molecule has 0 aliphatic carbocycles. The number of hydrogen-bond donors (Lipinski definition) is 1. The van der Waals surface area contributed by atoms with Crippen molar-refractivity contribution in [2.45, 2.75) is 27.2 Å². The van der Waals surface area contributed by atoms with E-state index in [1.54, 1.807) is 19.1 Å². The summed E-state index contributed by atoms with van der Waals surface area (Å²) in [6.45, 7) is 5.58. The molecule has 0 aliphatic rings. The molecule has 1 amide bonds. The number of ether oxygens (including phenoxy) is 1. The average Bonchev–Trinajstić information content (AvgIpc) is 2.37. The van der Waals surface area contributed by atoms with E-state index in [2.05, 4.69) is 15.3 Å². The van der Waals surface area contributed by atoms with Gasteiger partial charge in [0.2, 0.25) is 5.91 Å². The Kier molecular flexibility index (Phi) is 4.30. The van der Waals surface area contributed by atoms with Gasteiger partial charge in [-0.3, -0.25) is 4.79 Å². The third-order valence-corrected chi connectivity index (χ3v) is 2.61. The Morgan fingerprint density at radius 2 is 1.90 bits per heavy atom. The van der Waals surface area contributed by atoms with E-state index in [9.17, 15) is 4.79 Å². The summed E-state index contributed by atoms with van der Waals surface area (Å²) in [7, 11) is 0. The van der Waals surface area contributed by atoms with Gasteiger partial charge < -0.3 is 10.1 Å². The number of nitrogens with zero attached hydrogens (tertiary/aromatic N) is 2. The molecule has 0 aliphatic heterocycles. The summed E-state index contributed by atoms with van der Waals surface area (Å²) in [5.74, 6) is 0.550. The molecule has 1 aromatic carbocycles. The summed E-state index contributed by atoms with van der Waals surface area (Å²) in [6, 6.07) is 9.34. The summed E-state index contributed by atoms with van der Waals surface area (Å²) >= 11 is 0. The van der Waals surface area contributed by atoms with Gasteiger partial charge in [-0.25, -0.2) is 9.97 Å². The van der Waals surface area contributed by atoms with E-state index in [0.29, 0.717) is 23.9 Å². The Balaban J connectivity index is 2.17. The average molecular weight is 271 g/mol. The molecule has 20 heavy (non-hydrogen) atoms. The van der Waals surface area contributed by atoms with E-state index in [1.807, 2.05) is 32.0 Å². The van der Waals surface area contributed by atoms with Crippen LogP contribution in [0, 0.1) is 13.8 Å². The fraction of sp³-hybridized carbons (Fsp3) is 0.267. The van der Waals surface area contributed by atoms with Gasteiger partial charge >= 0.3 is 6.01 Å². The van der Waals surface area contributed by atoms with Crippen LogP contribution in [-0.4, -0.2) is 15.9 Å². The summed E-state index contributed by atoms with van der Waals surface area (Å²) in [4.78, 5) is 19.8. The number of nitrogens with one attached hydrogen (secondary N) is 1. The summed E-state index contributed by atoms with van der Waals surface area (Å²) in [5, 5.41) is 2.78. The SMILES string of the molecule is CCC(=O)Nc1cccc(Oc2nc(C)cc(C)n2)c1. The van der Waals surface area contributed by atoms with Crippen molar-refractivity contribution in [3.8, 4) is 11.8 Å². The van der Waals surface area contributed by atoms with Crippen molar-refractivity contribution in [3.63, 3.8) is 0 Å². The van der Waals surface area contributed by atoms with Crippen LogP contribution in [0.4, 0.5) is 5.69 Å². The van der Waals surface area contributed by atoms with Crippen LogP contribution in [0.25, 0.3) is 0 Å². The van der Waals surface area contributed by atoms with Crippen molar-refractivity contribution in [3.05, 3.63) is 41.7 Å². The van der Waals surface area contributed by atoms with Gasteiger partial charge in [-0.2, -0.15) is 0 Å². The Morgan fingerprint density at radius 3 is 2.55 bits per heavy atom. The highest BCUT2D eigenvalue weighted by atomic mass is 16.5. The molecule has 0 bridgehead atoms. The number of amides is 1. The Labute approximate surface area is 118 Å². The standard InChI is InChI=1S/C15H17N3O2/c1-4-14(19)18-12-6-5-7-13(9-12)20-15-16-10(2)8-11(3)17-15/h5-9H,4H2,1-3H3,(H,18,19). The van der Waals surface area contributed by atoms with Crippen LogP contribution in [0.15, 0.2) is 30.3 Å². The first-order chi connectivity index (χ1) is 9.56. The second kappa shape index (κ2) is 6.14. The first-order valence-corrected chi connectivity index (χ1v) is 6.47. The van der Waals surface area contributed by atoms with Crippen LogP contribution in [-0.2, 0) is 4.79 Å². The molecule has 0 spiro atoms. The van der Waals surface area contributed by atoms with Crippen molar-refractivity contribution in [1.82, 2.24) is 9.97 Å². The van der Waals surface area contributed by atoms with Crippen molar-refractivity contribution < 1.29 is 9.53 Å². The topological polar surface area (TPSA) is 64.1 Å². The zero-order chi connectivity index (χ0) is 14.5. The van der Waals surface area contributed by atoms with E-state index >= 15 is 0 Å². The molecule has 1 heterocycles. The molecule has 5 heteroatoms. The van der Waals surface area contributed by atoms with Crippen molar-refractivity contribution in [2.24, 2.45) is 0 Å². The van der Waals surface area contributed by atoms with Crippen LogP contribution in [0.5, 0.6) is 11.8 Å². The predicted octanol–water partition coefficient (Wildman–Crippen LogP) is 3.23. The van der Waals surface area contributed by atoms with Gasteiger partial charge in [-0.1, -0.05) is 13.0 Å². The molecule has 2 aromatic rings. The maximum absolute atomic E-state index is 11.4. The minimum absolute atomic E-state index is 0.0372. The first-order valence-electron chi connectivity index (χ1n) is 6.47. The van der Waals surface area contributed by atoms with Gasteiger partial charge in [0.05, 0.1) is 0 Å². The van der Waals surface area contributed by atoms with Gasteiger partial charge in [-0.05, 0) is 32.0 Å². The highest BCUT2D eigenvalue weighted by Crippen LogP contribution is 2.22. The van der Waals surface area contributed by atoms with E-state index < -0.39 is 0 Å². The highest BCUT2D eigenvalue weighted by Gasteiger charge is 2.05. The second-order valence-electron chi connectivity index (χ2n) is 4.46. The molecule has 0 atom stereocenters. The number of benzene rings is 1. The molecule has 0 saturated heterocycles. The third-order valence-electron chi connectivity index (χ3n) is 2.61. The third kappa shape index (κ3) is 3.78. The van der Waals surface area contributed by atoms with Crippen molar-refractivity contribution >= 4 is 11.6 Å². The molecule has 1 N–H and O–H groups in total. The molecule has 0 unspecified atom stereocenters. The lowest BCUT2D eigenvalue weighted by molar-refractivity contribution is -0.115. The second-order valence-corrected chi connectivity index (χ2v) is 4.46. The van der Waals surface area contributed by atoms with Gasteiger partial charge in [0.1, 0.15) is 5.75 Å². The van der Waals surface area contributed by atoms with Gasteiger partial charge in [-0.15, -0.1) is 0 Å². The van der Waals surface area contributed by atoms with Gasteiger partial charge in [0.25, 0.3) is 0 Å². The highest BCUT2D eigenvalue weighted by molar-refractivity contribution is 5.90. The van der Waals surface area contributed by atoms with Crippen LogP contribution in [0.1, 0.15) is 24.7 Å². The lowest BCUT2D eigenvalue weighted by Crippen LogP contribution is -2.09. The molecule has 0 radical (unpaired) electrons. The fourth-order valence-corrected chi connectivity index (χ4v) is 1.73. The normalized spacial score (nSPS) is 10.2. The summed E-state index contributed by atoms with van der Waals surface area (Å²) in [5.41, 5.74) is 2.39. The number of hydrogen-bond acceptors (Lipinski definition) is 4. The molecule has 0 saturated carbocycles. The lowest BCUT2D eigenvalue weighted by atomic mass is 10.3. The lowest BCUT2D eigenvalue weighted by Gasteiger charge is -2.08. The number of aryl methyl sites for hydroxylation is 2. The molecule has 104 valence electrons. The Bertz CT molecular complexity index is 606. The Hall–Kier alpha value is -2.43. The van der Waals surface area contributed by atoms with Crippen LogP contribution < -0.4 is 10.1 Å². The number of rotatable bonds is 4. The quantitative estimate of drug-likeness (QED) is 0.927. The van der Waals surface area contributed by atoms with Crippen LogP contribution >= 0.6 is 0 Å². The summed E-state index contributed by atoms with van der Waals surface area (Å²) < 4.78 is 5.62. The predicted molar refractivity (Wildman–Crippen MR) is 76.9 cm³/mol. The van der Waals surface area contributed by atoms with E-state index in [0.717, 1.165) is 11.4 Å². The minimum Gasteiger partial charge on any atom is -0.424 e. The molecule has 5 nitrogen and oxygen atoms in total. The molecular weight excluding hydrogens is 254 g/mol. The fourth-order valence-electron chi connectivity index (χ4n) is 1.73. The molecule has 1 aromatic heterocycles. The van der Waals surface area contributed by atoms with Crippen LogP contribution in [0.2, 0.25) is 0 Å². The Morgan fingerprint density at radius 1 is 1.20 bits per heavy atom. The van der Waals surface area contributed by atoms with E-state index in [4.69, 9.17) is 4.74 Å². The monoisotopic (exact) mass is 271 g/mol. The minimum atomic E-state index is -0.0372. The number of carbonyl (C=O) groups excluding carboxylic acids is 1. The summed E-state index contributed by atoms with van der Waals surface area (Å²) in [6.07, 6.45) is 0.436. The van der Waals surface area contributed by atoms with Crippen molar-refractivity contribution in [1.29, 1.82) is 0 Å².